The summed E-state index contributed by atoms with van der Waals surface area (Å²) in [5.74, 6) is 1.60. The van der Waals surface area contributed by atoms with E-state index in [4.69, 9.17) is 0 Å². The van der Waals surface area contributed by atoms with Crippen molar-refractivity contribution in [1.82, 2.24) is 0 Å². The summed E-state index contributed by atoms with van der Waals surface area (Å²) in [6, 6.07) is 0. The maximum absolute atomic E-state index is 12.8. The van der Waals surface area contributed by atoms with E-state index in [1.807, 2.05) is 0 Å². The fourth-order valence-corrected chi connectivity index (χ4v) is 11.4. The van der Waals surface area contributed by atoms with Crippen LogP contribution in [-0.4, -0.2) is 28.7 Å². The molecule has 3 heteroatoms. The zero-order valence-electron chi connectivity index (χ0n) is 22.5. The van der Waals surface area contributed by atoms with Crippen LogP contribution in [0.3, 0.4) is 0 Å². The van der Waals surface area contributed by atoms with Crippen molar-refractivity contribution in [3.63, 3.8) is 0 Å². The number of rotatable bonds is 1. The molecule has 0 aromatic rings. The predicted octanol–water partition coefficient (Wildman–Crippen LogP) is 6.40. The van der Waals surface area contributed by atoms with Gasteiger partial charge < -0.3 is 10.2 Å². The lowest BCUT2D eigenvalue weighted by atomic mass is 9.29. The van der Waals surface area contributed by atoms with E-state index in [1.54, 1.807) is 0 Å². The van der Waals surface area contributed by atoms with E-state index >= 15 is 0 Å². The Balaban J connectivity index is 1.62. The molecule has 0 aliphatic heterocycles. The predicted molar refractivity (Wildman–Crippen MR) is 133 cm³/mol. The first-order valence-corrected chi connectivity index (χ1v) is 14.0. The van der Waals surface area contributed by atoms with E-state index in [0.717, 1.165) is 32.1 Å². The van der Waals surface area contributed by atoms with Gasteiger partial charge in [0.1, 0.15) is 5.78 Å². The molecule has 188 valence electrons. The van der Waals surface area contributed by atoms with Crippen LogP contribution >= 0.6 is 0 Å². The second-order valence-electron chi connectivity index (χ2n) is 15.3. The Morgan fingerprint density at radius 2 is 1.52 bits per heavy atom. The minimum atomic E-state index is -0.433. The van der Waals surface area contributed by atoms with Crippen molar-refractivity contribution in [2.75, 3.05) is 6.61 Å². The Hall–Kier alpha value is -0.410. The Morgan fingerprint density at radius 3 is 2.18 bits per heavy atom. The molecule has 0 aromatic heterocycles. The molecule has 0 amide bonds. The Kier molecular flexibility index (Phi) is 5.22. The van der Waals surface area contributed by atoms with Crippen molar-refractivity contribution in [1.29, 1.82) is 0 Å². The first-order valence-electron chi connectivity index (χ1n) is 14.0. The summed E-state index contributed by atoms with van der Waals surface area (Å²) in [6.07, 6.45) is 10.3. The third-order valence-corrected chi connectivity index (χ3v) is 13.6. The molecule has 2 N–H and O–H groups in total. The molecule has 33 heavy (non-hydrogen) atoms. The van der Waals surface area contributed by atoms with Crippen LogP contribution in [-0.2, 0) is 4.79 Å². The van der Waals surface area contributed by atoms with Crippen LogP contribution in [0.4, 0.5) is 0 Å². The van der Waals surface area contributed by atoms with E-state index in [0.29, 0.717) is 34.9 Å². The topological polar surface area (TPSA) is 57.5 Å². The number of ketones is 1. The van der Waals surface area contributed by atoms with E-state index in [1.165, 1.54) is 25.7 Å². The molecular weight excluding hydrogens is 408 g/mol. The third kappa shape index (κ3) is 2.90. The van der Waals surface area contributed by atoms with Crippen LogP contribution in [0.25, 0.3) is 0 Å². The van der Waals surface area contributed by atoms with Crippen LogP contribution < -0.4 is 0 Å². The molecule has 0 saturated heterocycles. The molecule has 0 bridgehead atoms. The maximum atomic E-state index is 12.8. The van der Waals surface area contributed by atoms with Gasteiger partial charge >= 0.3 is 0 Å². The molecule has 5 rings (SSSR count). The molecule has 0 radical (unpaired) electrons. The van der Waals surface area contributed by atoms with Gasteiger partial charge in [-0.1, -0.05) is 48.5 Å². The lowest BCUT2D eigenvalue weighted by molar-refractivity contribution is -0.296. The number of fused-ring (bicyclic) bond motifs is 7. The Labute approximate surface area is 202 Å². The van der Waals surface area contributed by atoms with Gasteiger partial charge in [-0.2, -0.15) is 0 Å². The molecule has 0 unspecified atom stereocenters. The number of carbonyl (C=O) groups is 1. The normalized spacial score (nSPS) is 58.0. The van der Waals surface area contributed by atoms with Gasteiger partial charge in [0.15, 0.2) is 0 Å². The summed E-state index contributed by atoms with van der Waals surface area (Å²) in [5, 5.41) is 23.3. The van der Waals surface area contributed by atoms with Gasteiger partial charge in [0, 0.05) is 24.4 Å². The highest BCUT2D eigenvalue weighted by atomic mass is 16.3. The summed E-state index contributed by atoms with van der Waals surface area (Å²) < 4.78 is 0. The highest BCUT2D eigenvalue weighted by Crippen LogP contribution is 2.78. The lowest BCUT2D eigenvalue weighted by Gasteiger charge is -2.75. The van der Waals surface area contributed by atoms with E-state index in [9.17, 15) is 15.0 Å². The van der Waals surface area contributed by atoms with Gasteiger partial charge in [0.25, 0.3) is 0 Å². The summed E-state index contributed by atoms with van der Waals surface area (Å²) >= 11 is 0. The van der Waals surface area contributed by atoms with Gasteiger partial charge in [-0.15, -0.1) is 0 Å². The van der Waals surface area contributed by atoms with Crippen molar-refractivity contribution >= 4 is 5.78 Å². The standard InChI is InChI=1S/C30H50O3/c1-19-20(32)8-9-22-27(5)13-14-29(7)23-17-25(2,3)10-11-26(23,4)12-15-30(29,18-31)24(27)21(33)16-28(19,22)6/h19,21-24,31,33H,8-18H2,1-7H3/t19-,21+,22-,23+,24-,26+,27-,28+,29-,30-/m0/s1. The Morgan fingerprint density at radius 1 is 0.848 bits per heavy atom. The van der Waals surface area contributed by atoms with Crippen molar-refractivity contribution < 1.29 is 15.0 Å². The van der Waals surface area contributed by atoms with Crippen LogP contribution in [0.2, 0.25) is 0 Å². The molecule has 10 atom stereocenters. The molecule has 0 spiro atoms. The third-order valence-electron chi connectivity index (χ3n) is 13.6. The molecule has 3 nitrogen and oxygen atoms in total. The second kappa shape index (κ2) is 7.09. The van der Waals surface area contributed by atoms with E-state index in [2.05, 4.69) is 48.5 Å². The Bertz CT molecular complexity index is 834. The van der Waals surface area contributed by atoms with E-state index in [-0.39, 0.29) is 40.1 Å². The van der Waals surface area contributed by atoms with Crippen molar-refractivity contribution in [3.8, 4) is 0 Å². The fraction of sp³-hybridized carbons (Fsp3) is 0.967. The largest absolute Gasteiger partial charge is 0.396 e. The number of Topliss-reactive ketones (excluding diaryl/α,β-unsaturated/α-hetero) is 1. The van der Waals surface area contributed by atoms with E-state index < -0.39 is 6.10 Å². The van der Waals surface area contributed by atoms with Crippen molar-refractivity contribution in [2.24, 2.45) is 56.2 Å². The summed E-state index contributed by atoms with van der Waals surface area (Å²) in [5.41, 5.74) is 0.415. The number of hydrogen-bond donors (Lipinski definition) is 2. The fourth-order valence-electron chi connectivity index (χ4n) is 11.4. The minimum absolute atomic E-state index is 0.0124. The maximum Gasteiger partial charge on any atom is 0.136 e. The van der Waals surface area contributed by atoms with Gasteiger partial charge in [-0.3, -0.25) is 4.79 Å². The first kappa shape index (κ1) is 24.3. The van der Waals surface area contributed by atoms with Crippen molar-refractivity contribution in [3.05, 3.63) is 0 Å². The molecule has 5 aliphatic carbocycles. The van der Waals surface area contributed by atoms with Gasteiger partial charge in [-0.05, 0) is 103 Å². The second-order valence-corrected chi connectivity index (χ2v) is 15.3. The SMILES string of the molecule is C[C@H]1C(=O)CC[C@@H]2[C@]1(C)C[C@@H](O)[C@H]1[C@@]2(C)CC[C@@]2(C)[C@@H]3CC(C)(C)CC[C@]3(C)CC[C@]12CO. The smallest absolute Gasteiger partial charge is 0.136 e. The summed E-state index contributed by atoms with van der Waals surface area (Å²) in [4.78, 5) is 12.8. The van der Waals surface area contributed by atoms with Crippen LogP contribution in [0.5, 0.6) is 0 Å². The first-order chi connectivity index (χ1) is 15.2. The average Bonchev–Trinajstić information content (AvgIpc) is 2.73. The van der Waals surface area contributed by atoms with Crippen LogP contribution in [0, 0.1) is 56.2 Å². The summed E-state index contributed by atoms with van der Waals surface area (Å²) in [6.45, 7) is 17.0. The molecule has 5 aliphatic rings. The number of carbonyl (C=O) groups excluding carboxylic acids is 1. The van der Waals surface area contributed by atoms with Gasteiger partial charge in [0.05, 0.1) is 6.10 Å². The zero-order valence-corrected chi connectivity index (χ0v) is 22.5. The lowest BCUT2D eigenvalue weighted by Crippen LogP contribution is -2.72. The zero-order chi connectivity index (χ0) is 24.2. The van der Waals surface area contributed by atoms with Gasteiger partial charge in [0.2, 0.25) is 0 Å². The number of hydrogen-bond acceptors (Lipinski definition) is 3. The highest BCUT2D eigenvalue weighted by Gasteiger charge is 2.74. The molecule has 0 aromatic carbocycles. The van der Waals surface area contributed by atoms with Crippen LogP contribution in [0.1, 0.15) is 113 Å². The quantitative estimate of drug-likeness (QED) is 0.478. The monoisotopic (exact) mass is 458 g/mol. The number of aliphatic hydroxyl groups excluding tert-OH is 2. The summed E-state index contributed by atoms with van der Waals surface area (Å²) in [7, 11) is 0. The molecule has 5 fully saturated rings. The molecule has 5 saturated carbocycles. The minimum Gasteiger partial charge on any atom is -0.396 e. The van der Waals surface area contributed by atoms with Crippen molar-refractivity contribution in [2.45, 2.75) is 119 Å². The average molecular weight is 459 g/mol. The highest BCUT2D eigenvalue weighted by molar-refractivity contribution is 5.82. The van der Waals surface area contributed by atoms with Crippen LogP contribution in [0.15, 0.2) is 0 Å². The molecular formula is C30H50O3. The number of aliphatic hydroxyl groups is 2. The molecule has 0 heterocycles. The van der Waals surface area contributed by atoms with Gasteiger partial charge in [-0.25, -0.2) is 0 Å².